The minimum atomic E-state index is 0. The third-order valence-electron chi connectivity index (χ3n) is 2.22. The van der Waals surface area contributed by atoms with Gasteiger partial charge in [-0.1, -0.05) is 6.92 Å². The van der Waals surface area contributed by atoms with E-state index < -0.39 is 0 Å². The summed E-state index contributed by atoms with van der Waals surface area (Å²) in [7, 11) is 3.82. The van der Waals surface area contributed by atoms with Gasteiger partial charge in [0.25, 0.3) is 0 Å². The standard InChI is InChI=1S/C8H17N3.HI/c1-6-4-7(6)5-10-8(9)11(2)3;/h6-7H,4-5H2,1-3H3,(H2,9,10);1H. The largest absolute Gasteiger partial charge is 0.370 e. The maximum atomic E-state index is 5.61. The van der Waals surface area contributed by atoms with Gasteiger partial charge >= 0.3 is 0 Å². The van der Waals surface area contributed by atoms with Crippen LogP contribution in [0.3, 0.4) is 0 Å². The van der Waals surface area contributed by atoms with Gasteiger partial charge in [-0.3, -0.25) is 4.99 Å². The van der Waals surface area contributed by atoms with Crippen LogP contribution in [0, 0.1) is 11.8 Å². The van der Waals surface area contributed by atoms with Crippen molar-refractivity contribution < 1.29 is 0 Å². The molecular weight excluding hydrogens is 265 g/mol. The summed E-state index contributed by atoms with van der Waals surface area (Å²) in [4.78, 5) is 6.10. The van der Waals surface area contributed by atoms with Crippen LogP contribution < -0.4 is 5.73 Å². The summed E-state index contributed by atoms with van der Waals surface area (Å²) in [6.07, 6.45) is 1.32. The molecule has 4 heteroatoms. The van der Waals surface area contributed by atoms with Crippen molar-refractivity contribution >= 4 is 29.9 Å². The number of aliphatic imine (C=N–C) groups is 1. The highest BCUT2D eigenvalue weighted by Gasteiger charge is 2.31. The highest BCUT2D eigenvalue weighted by molar-refractivity contribution is 14.0. The smallest absolute Gasteiger partial charge is 0.190 e. The fraction of sp³-hybridized carbons (Fsp3) is 0.875. The van der Waals surface area contributed by atoms with Gasteiger partial charge in [0.1, 0.15) is 0 Å². The van der Waals surface area contributed by atoms with Crippen molar-refractivity contribution in [1.82, 2.24) is 4.90 Å². The van der Waals surface area contributed by atoms with E-state index in [-0.39, 0.29) is 24.0 Å². The first-order chi connectivity index (χ1) is 5.11. The average molecular weight is 283 g/mol. The Kier molecular flexibility index (Phi) is 4.89. The van der Waals surface area contributed by atoms with Crippen LogP contribution in [-0.4, -0.2) is 31.5 Å². The zero-order chi connectivity index (χ0) is 8.43. The van der Waals surface area contributed by atoms with E-state index in [0.717, 1.165) is 18.4 Å². The van der Waals surface area contributed by atoms with Gasteiger partial charge in [0.05, 0.1) is 0 Å². The molecule has 12 heavy (non-hydrogen) atoms. The maximum absolute atomic E-state index is 5.61. The SMILES string of the molecule is CC1CC1CN=C(N)N(C)C.I. The van der Waals surface area contributed by atoms with Crippen LogP contribution in [0.1, 0.15) is 13.3 Å². The molecule has 0 aliphatic heterocycles. The molecule has 0 aromatic carbocycles. The van der Waals surface area contributed by atoms with Gasteiger partial charge in [-0.15, -0.1) is 24.0 Å². The van der Waals surface area contributed by atoms with E-state index >= 15 is 0 Å². The molecule has 1 saturated carbocycles. The molecule has 0 bridgehead atoms. The van der Waals surface area contributed by atoms with Crippen LogP contribution in [0.25, 0.3) is 0 Å². The number of guanidine groups is 1. The molecule has 1 rings (SSSR count). The van der Waals surface area contributed by atoms with E-state index in [1.807, 2.05) is 19.0 Å². The van der Waals surface area contributed by atoms with Crippen molar-refractivity contribution in [3.05, 3.63) is 0 Å². The lowest BCUT2D eigenvalue weighted by molar-refractivity contribution is 0.604. The zero-order valence-electron chi connectivity index (χ0n) is 7.95. The number of halogens is 1. The van der Waals surface area contributed by atoms with Crippen LogP contribution in [0.2, 0.25) is 0 Å². The van der Waals surface area contributed by atoms with Crippen LogP contribution in [0.5, 0.6) is 0 Å². The summed E-state index contributed by atoms with van der Waals surface area (Å²) in [6, 6.07) is 0. The van der Waals surface area contributed by atoms with E-state index in [1.54, 1.807) is 0 Å². The van der Waals surface area contributed by atoms with Crippen LogP contribution in [0.15, 0.2) is 4.99 Å². The molecule has 2 atom stereocenters. The summed E-state index contributed by atoms with van der Waals surface area (Å²) >= 11 is 0. The average Bonchev–Trinajstić information content (AvgIpc) is 2.61. The third kappa shape index (κ3) is 3.60. The Morgan fingerprint density at radius 3 is 2.42 bits per heavy atom. The summed E-state index contributed by atoms with van der Waals surface area (Å²) in [5.41, 5.74) is 5.61. The van der Waals surface area contributed by atoms with E-state index in [1.165, 1.54) is 6.42 Å². The summed E-state index contributed by atoms with van der Waals surface area (Å²) in [6.45, 7) is 3.16. The van der Waals surface area contributed by atoms with E-state index in [0.29, 0.717) is 5.96 Å². The summed E-state index contributed by atoms with van der Waals surface area (Å²) in [5.74, 6) is 2.31. The van der Waals surface area contributed by atoms with Crippen molar-refractivity contribution in [3.63, 3.8) is 0 Å². The van der Waals surface area contributed by atoms with Crippen molar-refractivity contribution in [2.24, 2.45) is 22.6 Å². The maximum Gasteiger partial charge on any atom is 0.190 e. The van der Waals surface area contributed by atoms with E-state index in [4.69, 9.17) is 5.73 Å². The lowest BCUT2D eigenvalue weighted by Gasteiger charge is -2.09. The number of hydrogen-bond acceptors (Lipinski definition) is 1. The van der Waals surface area contributed by atoms with Gasteiger partial charge < -0.3 is 10.6 Å². The summed E-state index contributed by atoms with van der Waals surface area (Å²) < 4.78 is 0. The minimum absolute atomic E-state index is 0. The number of nitrogens with zero attached hydrogens (tertiary/aromatic N) is 2. The first-order valence-corrected chi connectivity index (χ1v) is 4.08. The fourth-order valence-electron chi connectivity index (χ4n) is 1.01. The Labute approximate surface area is 91.4 Å². The molecule has 1 aliphatic carbocycles. The van der Waals surface area contributed by atoms with Crippen LogP contribution >= 0.6 is 24.0 Å². The second-order valence-corrected chi connectivity index (χ2v) is 3.57. The Morgan fingerprint density at radius 1 is 1.58 bits per heavy atom. The zero-order valence-corrected chi connectivity index (χ0v) is 10.3. The van der Waals surface area contributed by atoms with Crippen molar-refractivity contribution in [1.29, 1.82) is 0 Å². The molecule has 0 radical (unpaired) electrons. The topological polar surface area (TPSA) is 41.6 Å². The first kappa shape index (κ1) is 12.0. The monoisotopic (exact) mass is 283 g/mol. The molecular formula is C8H18IN3. The molecule has 2 unspecified atom stereocenters. The number of rotatable bonds is 2. The Hall–Kier alpha value is 0. The molecule has 0 heterocycles. The molecule has 72 valence electrons. The van der Waals surface area contributed by atoms with E-state index in [2.05, 4.69) is 11.9 Å². The van der Waals surface area contributed by atoms with Gasteiger partial charge in [0, 0.05) is 20.6 Å². The normalized spacial score (nSPS) is 27.8. The van der Waals surface area contributed by atoms with Gasteiger partial charge in [-0.2, -0.15) is 0 Å². The predicted octanol–water partition coefficient (Wildman–Crippen LogP) is 1.14. The van der Waals surface area contributed by atoms with E-state index in [9.17, 15) is 0 Å². The molecule has 0 amide bonds. The van der Waals surface area contributed by atoms with Gasteiger partial charge in [-0.25, -0.2) is 0 Å². The quantitative estimate of drug-likeness (QED) is 0.469. The van der Waals surface area contributed by atoms with Crippen molar-refractivity contribution in [3.8, 4) is 0 Å². The minimum Gasteiger partial charge on any atom is -0.370 e. The van der Waals surface area contributed by atoms with Crippen molar-refractivity contribution in [2.45, 2.75) is 13.3 Å². The molecule has 2 N–H and O–H groups in total. The van der Waals surface area contributed by atoms with Crippen LogP contribution in [0.4, 0.5) is 0 Å². The molecule has 0 spiro atoms. The molecule has 1 fully saturated rings. The van der Waals surface area contributed by atoms with Crippen molar-refractivity contribution in [2.75, 3.05) is 20.6 Å². The Bertz CT molecular complexity index is 168. The molecule has 1 aliphatic rings. The molecule has 0 aromatic heterocycles. The second-order valence-electron chi connectivity index (χ2n) is 3.57. The number of hydrogen-bond donors (Lipinski definition) is 1. The predicted molar refractivity (Wildman–Crippen MR) is 62.9 cm³/mol. The van der Waals surface area contributed by atoms with Gasteiger partial charge in [0.2, 0.25) is 0 Å². The molecule has 0 saturated heterocycles. The Balaban J connectivity index is 0.00000121. The number of nitrogens with two attached hydrogens (primary N) is 1. The molecule has 0 aromatic rings. The lowest BCUT2D eigenvalue weighted by atomic mass is 10.3. The highest BCUT2D eigenvalue weighted by Crippen LogP contribution is 2.37. The lowest BCUT2D eigenvalue weighted by Crippen LogP contribution is -2.30. The van der Waals surface area contributed by atoms with Crippen LogP contribution in [-0.2, 0) is 0 Å². The van der Waals surface area contributed by atoms with Gasteiger partial charge in [-0.05, 0) is 18.3 Å². The second kappa shape index (κ2) is 4.89. The highest BCUT2D eigenvalue weighted by atomic mass is 127. The first-order valence-electron chi connectivity index (χ1n) is 4.08. The fourth-order valence-corrected chi connectivity index (χ4v) is 1.01. The van der Waals surface area contributed by atoms with Gasteiger partial charge in [0.15, 0.2) is 5.96 Å². The third-order valence-corrected chi connectivity index (χ3v) is 2.22. The summed E-state index contributed by atoms with van der Waals surface area (Å²) in [5, 5.41) is 0. The Morgan fingerprint density at radius 2 is 2.08 bits per heavy atom. The molecule has 3 nitrogen and oxygen atoms in total.